The third-order valence-corrected chi connectivity index (χ3v) is 3.16. The van der Waals surface area contributed by atoms with Crippen molar-refractivity contribution in [1.82, 2.24) is 5.32 Å². The van der Waals surface area contributed by atoms with Gasteiger partial charge in [0, 0.05) is 0 Å². The molecule has 0 radical (unpaired) electrons. The van der Waals surface area contributed by atoms with Gasteiger partial charge in [-0.25, -0.2) is 4.79 Å². The molecule has 1 aromatic rings. The lowest BCUT2D eigenvalue weighted by Gasteiger charge is -2.13. The first-order valence-corrected chi connectivity index (χ1v) is 6.47. The molecule has 0 aliphatic carbocycles. The van der Waals surface area contributed by atoms with Crippen LogP contribution in [0.2, 0.25) is 0 Å². The minimum absolute atomic E-state index is 0.197. The van der Waals surface area contributed by atoms with Gasteiger partial charge in [-0.2, -0.15) is 0 Å². The summed E-state index contributed by atoms with van der Waals surface area (Å²) >= 11 is 0. The van der Waals surface area contributed by atoms with E-state index in [0.717, 1.165) is 31.4 Å². The zero-order valence-corrected chi connectivity index (χ0v) is 11.1. The molecular weight excluding hydrogens is 242 g/mol. The van der Waals surface area contributed by atoms with Gasteiger partial charge in [-0.05, 0) is 43.5 Å². The SMILES string of the molecule is C=CCc1ccc(OC(=O)[C@@H]2CCCN2)c(OC)c1. The molecule has 1 aliphatic heterocycles. The normalized spacial score (nSPS) is 18.1. The Labute approximate surface area is 113 Å². The Kier molecular flexibility index (Phi) is 4.58. The fraction of sp³-hybridized carbons (Fsp3) is 0.400. The number of carbonyl (C=O) groups is 1. The van der Waals surface area contributed by atoms with Crippen LogP contribution in [0.4, 0.5) is 0 Å². The van der Waals surface area contributed by atoms with Gasteiger partial charge in [0.2, 0.25) is 0 Å². The van der Waals surface area contributed by atoms with Crippen molar-refractivity contribution in [3.63, 3.8) is 0 Å². The third kappa shape index (κ3) is 3.35. The molecule has 0 aromatic heterocycles. The molecule has 4 nitrogen and oxygen atoms in total. The highest BCUT2D eigenvalue weighted by molar-refractivity contribution is 5.79. The van der Waals surface area contributed by atoms with Crippen molar-refractivity contribution >= 4 is 5.97 Å². The lowest BCUT2D eigenvalue weighted by molar-refractivity contribution is -0.136. The standard InChI is InChI=1S/C15H19NO3/c1-3-5-11-7-8-13(14(10-11)18-2)19-15(17)12-6-4-9-16-12/h3,7-8,10,12,16H,1,4-6,9H2,2H3/t12-/m0/s1. The number of allylic oxidation sites excluding steroid dienone is 1. The van der Waals surface area contributed by atoms with Crippen LogP contribution in [0, 0.1) is 0 Å². The van der Waals surface area contributed by atoms with E-state index in [9.17, 15) is 4.79 Å². The summed E-state index contributed by atoms with van der Waals surface area (Å²) in [5.41, 5.74) is 1.07. The van der Waals surface area contributed by atoms with Crippen molar-refractivity contribution in [3.8, 4) is 11.5 Å². The smallest absolute Gasteiger partial charge is 0.328 e. The zero-order valence-electron chi connectivity index (χ0n) is 11.1. The summed E-state index contributed by atoms with van der Waals surface area (Å²) in [5, 5.41) is 3.12. The van der Waals surface area contributed by atoms with E-state index in [-0.39, 0.29) is 12.0 Å². The highest BCUT2D eigenvalue weighted by atomic mass is 16.6. The van der Waals surface area contributed by atoms with Crippen LogP contribution in [0.25, 0.3) is 0 Å². The summed E-state index contributed by atoms with van der Waals surface area (Å²) in [6.45, 7) is 4.57. The summed E-state index contributed by atoms with van der Waals surface area (Å²) in [5.74, 6) is 0.798. The van der Waals surface area contributed by atoms with Crippen molar-refractivity contribution in [2.45, 2.75) is 25.3 Å². The molecule has 0 saturated carbocycles. The van der Waals surface area contributed by atoms with Crippen molar-refractivity contribution < 1.29 is 14.3 Å². The van der Waals surface area contributed by atoms with Crippen LogP contribution in [0.3, 0.4) is 0 Å². The van der Waals surface area contributed by atoms with E-state index < -0.39 is 0 Å². The van der Waals surface area contributed by atoms with E-state index in [1.165, 1.54) is 0 Å². The molecule has 102 valence electrons. The van der Waals surface area contributed by atoms with Gasteiger partial charge in [-0.1, -0.05) is 12.1 Å². The Bertz CT molecular complexity index is 464. The second-order valence-corrected chi connectivity index (χ2v) is 4.55. The summed E-state index contributed by atoms with van der Waals surface area (Å²) in [6, 6.07) is 5.35. The van der Waals surface area contributed by atoms with Gasteiger partial charge in [0.1, 0.15) is 6.04 Å². The number of methoxy groups -OCH3 is 1. The van der Waals surface area contributed by atoms with Crippen LogP contribution in [0.15, 0.2) is 30.9 Å². The number of rotatable bonds is 5. The van der Waals surface area contributed by atoms with Crippen LogP contribution < -0.4 is 14.8 Å². The van der Waals surface area contributed by atoms with Gasteiger partial charge in [0.25, 0.3) is 0 Å². The minimum atomic E-state index is -0.243. The van der Waals surface area contributed by atoms with Crippen molar-refractivity contribution in [2.24, 2.45) is 0 Å². The Morgan fingerprint density at radius 1 is 1.53 bits per heavy atom. The number of ether oxygens (including phenoxy) is 2. The molecule has 0 amide bonds. The van der Waals surface area contributed by atoms with Crippen LogP contribution in [0.5, 0.6) is 11.5 Å². The molecule has 1 saturated heterocycles. The highest BCUT2D eigenvalue weighted by Gasteiger charge is 2.24. The minimum Gasteiger partial charge on any atom is -0.493 e. The molecule has 19 heavy (non-hydrogen) atoms. The monoisotopic (exact) mass is 261 g/mol. The first kappa shape index (κ1) is 13.6. The van der Waals surface area contributed by atoms with Crippen molar-refractivity contribution in [2.75, 3.05) is 13.7 Å². The summed E-state index contributed by atoms with van der Waals surface area (Å²) in [6.07, 6.45) is 4.42. The average molecular weight is 261 g/mol. The van der Waals surface area contributed by atoms with E-state index in [2.05, 4.69) is 11.9 Å². The molecule has 1 aliphatic rings. The van der Waals surface area contributed by atoms with E-state index >= 15 is 0 Å². The number of esters is 1. The molecule has 1 atom stereocenters. The molecule has 0 unspecified atom stereocenters. The van der Waals surface area contributed by atoms with Crippen LogP contribution in [-0.2, 0) is 11.2 Å². The van der Waals surface area contributed by atoms with Gasteiger partial charge in [0.15, 0.2) is 11.5 Å². The molecular formula is C15H19NO3. The number of nitrogens with one attached hydrogen (secondary N) is 1. The molecule has 0 bridgehead atoms. The van der Waals surface area contributed by atoms with E-state index in [1.54, 1.807) is 13.2 Å². The first-order chi connectivity index (χ1) is 9.24. The Hall–Kier alpha value is -1.81. The maximum atomic E-state index is 11.9. The molecule has 4 heteroatoms. The lowest BCUT2D eigenvalue weighted by Crippen LogP contribution is -2.34. The fourth-order valence-corrected chi connectivity index (χ4v) is 2.16. The van der Waals surface area contributed by atoms with Gasteiger partial charge >= 0.3 is 5.97 Å². The summed E-state index contributed by atoms with van der Waals surface area (Å²) < 4.78 is 10.7. The van der Waals surface area contributed by atoms with Crippen molar-refractivity contribution in [1.29, 1.82) is 0 Å². The van der Waals surface area contributed by atoms with Gasteiger partial charge in [-0.3, -0.25) is 0 Å². The molecule has 1 N–H and O–H groups in total. The molecule has 0 spiro atoms. The zero-order chi connectivity index (χ0) is 13.7. The highest BCUT2D eigenvalue weighted by Crippen LogP contribution is 2.29. The molecule has 1 fully saturated rings. The van der Waals surface area contributed by atoms with Crippen LogP contribution in [0.1, 0.15) is 18.4 Å². The number of benzene rings is 1. The Morgan fingerprint density at radius 3 is 3.00 bits per heavy atom. The van der Waals surface area contributed by atoms with Gasteiger partial charge < -0.3 is 14.8 Å². The maximum Gasteiger partial charge on any atom is 0.328 e. The van der Waals surface area contributed by atoms with E-state index in [0.29, 0.717) is 11.5 Å². The number of hydrogen-bond acceptors (Lipinski definition) is 4. The first-order valence-electron chi connectivity index (χ1n) is 6.47. The second kappa shape index (κ2) is 6.38. The number of carbonyl (C=O) groups excluding carboxylic acids is 1. The van der Waals surface area contributed by atoms with Crippen LogP contribution >= 0.6 is 0 Å². The quantitative estimate of drug-likeness (QED) is 0.501. The lowest BCUT2D eigenvalue weighted by atomic mass is 10.1. The third-order valence-electron chi connectivity index (χ3n) is 3.16. The summed E-state index contributed by atoms with van der Waals surface area (Å²) in [4.78, 5) is 11.9. The van der Waals surface area contributed by atoms with Crippen molar-refractivity contribution in [3.05, 3.63) is 36.4 Å². The molecule has 2 rings (SSSR count). The van der Waals surface area contributed by atoms with Crippen LogP contribution in [-0.4, -0.2) is 25.7 Å². The van der Waals surface area contributed by atoms with Gasteiger partial charge in [0.05, 0.1) is 7.11 Å². The fourth-order valence-electron chi connectivity index (χ4n) is 2.16. The maximum absolute atomic E-state index is 11.9. The Balaban J connectivity index is 2.10. The van der Waals surface area contributed by atoms with Gasteiger partial charge in [-0.15, -0.1) is 6.58 Å². The Morgan fingerprint density at radius 2 is 2.37 bits per heavy atom. The predicted octanol–water partition coefficient (Wildman–Crippen LogP) is 2.08. The van der Waals surface area contributed by atoms with E-state index in [1.807, 2.05) is 18.2 Å². The molecule has 1 heterocycles. The average Bonchev–Trinajstić information content (AvgIpc) is 2.94. The molecule has 1 aromatic carbocycles. The largest absolute Gasteiger partial charge is 0.493 e. The number of hydrogen-bond donors (Lipinski definition) is 1. The second-order valence-electron chi connectivity index (χ2n) is 4.55. The summed E-state index contributed by atoms with van der Waals surface area (Å²) in [7, 11) is 1.57. The van der Waals surface area contributed by atoms with E-state index in [4.69, 9.17) is 9.47 Å². The topological polar surface area (TPSA) is 47.6 Å². The predicted molar refractivity (Wildman–Crippen MR) is 73.6 cm³/mol.